The van der Waals surface area contributed by atoms with Crippen LogP contribution in [0.4, 0.5) is 18.9 Å². The van der Waals surface area contributed by atoms with Crippen LogP contribution in [0.1, 0.15) is 12.8 Å². The van der Waals surface area contributed by atoms with Crippen molar-refractivity contribution in [2.75, 3.05) is 16.8 Å². The van der Waals surface area contributed by atoms with Gasteiger partial charge in [0.2, 0.25) is 0 Å². The Kier molecular flexibility index (Phi) is 4.72. The number of anilines is 1. The van der Waals surface area contributed by atoms with Crippen LogP contribution in [0.15, 0.2) is 22.7 Å². The Bertz CT molecular complexity index is 605. The molecule has 0 unspecified atom stereocenters. The lowest BCUT2D eigenvalue weighted by molar-refractivity contribution is -0.274. The Morgan fingerprint density at radius 3 is 2.38 bits per heavy atom. The van der Waals surface area contributed by atoms with Gasteiger partial charge in [-0.05, 0) is 47.0 Å². The Morgan fingerprint density at radius 2 is 1.86 bits per heavy atom. The number of halogens is 4. The molecule has 0 amide bonds. The molecule has 0 atom stereocenters. The molecule has 0 radical (unpaired) electrons. The molecule has 1 saturated heterocycles. The summed E-state index contributed by atoms with van der Waals surface area (Å²) in [5.41, 5.74) is 0.612. The molecule has 9 heteroatoms. The molecular weight excluding hydrogens is 375 g/mol. The van der Waals surface area contributed by atoms with E-state index in [0.29, 0.717) is 18.5 Å². The van der Waals surface area contributed by atoms with E-state index in [2.05, 4.69) is 26.0 Å². The van der Waals surface area contributed by atoms with Crippen LogP contribution in [-0.4, -0.2) is 32.3 Å². The average Bonchev–Trinajstić information content (AvgIpc) is 2.34. The highest BCUT2D eigenvalue weighted by Gasteiger charge is 2.32. The quantitative estimate of drug-likeness (QED) is 0.863. The molecule has 0 aromatic heterocycles. The minimum Gasteiger partial charge on any atom is -0.405 e. The number of nitrogens with one attached hydrogen (secondary N) is 1. The molecule has 4 nitrogen and oxygen atoms in total. The highest BCUT2D eigenvalue weighted by atomic mass is 79.9. The molecule has 1 fully saturated rings. The van der Waals surface area contributed by atoms with E-state index in [9.17, 15) is 21.6 Å². The first-order chi connectivity index (χ1) is 9.65. The number of hydrogen-bond donors (Lipinski definition) is 1. The number of ether oxygens (including phenoxy) is 1. The number of hydrogen-bond acceptors (Lipinski definition) is 4. The first kappa shape index (κ1) is 16.4. The second-order valence-corrected chi connectivity index (χ2v) is 7.92. The van der Waals surface area contributed by atoms with Gasteiger partial charge in [0.1, 0.15) is 15.6 Å². The van der Waals surface area contributed by atoms with Crippen molar-refractivity contribution < 1.29 is 26.3 Å². The predicted octanol–water partition coefficient (Wildman–Crippen LogP) is 3.34. The second kappa shape index (κ2) is 6.04. The number of sulfone groups is 1. The van der Waals surface area contributed by atoms with Gasteiger partial charge in [-0.15, -0.1) is 13.2 Å². The van der Waals surface area contributed by atoms with Crippen molar-refractivity contribution in [3.05, 3.63) is 22.7 Å². The number of benzene rings is 1. The van der Waals surface area contributed by atoms with Crippen molar-refractivity contribution in [1.82, 2.24) is 0 Å². The Labute approximate surface area is 128 Å². The van der Waals surface area contributed by atoms with Gasteiger partial charge in [0.05, 0.1) is 16.0 Å². The minimum atomic E-state index is -4.74. The summed E-state index contributed by atoms with van der Waals surface area (Å²) >= 11 is 3.02. The average molecular weight is 388 g/mol. The standard InChI is InChI=1S/C12H13BrF3NO3S/c13-10-7-9(1-2-11(10)20-12(14,15)16)17-8-3-5-21(18,19)6-4-8/h1-2,7-8,17H,3-6H2. The fraction of sp³-hybridized carbons (Fsp3) is 0.500. The number of alkyl halides is 3. The molecule has 0 saturated carbocycles. The summed E-state index contributed by atoms with van der Waals surface area (Å²) in [6, 6.07) is 4.15. The van der Waals surface area contributed by atoms with Gasteiger partial charge in [0.25, 0.3) is 0 Å². The van der Waals surface area contributed by atoms with E-state index in [1.165, 1.54) is 18.2 Å². The molecule has 0 spiro atoms. The van der Waals surface area contributed by atoms with Gasteiger partial charge >= 0.3 is 6.36 Å². The summed E-state index contributed by atoms with van der Waals surface area (Å²) < 4.78 is 63.1. The summed E-state index contributed by atoms with van der Waals surface area (Å²) in [6.45, 7) is 0. The minimum absolute atomic E-state index is 0.00481. The highest BCUT2D eigenvalue weighted by molar-refractivity contribution is 9.10. The molecule has 2 rings (SSSR count). The van der Waals surface area contributed by atoms with Crippen LogP contribution in [0.2, 0.25) is 0 Å². The van der Waals surface area contributed by atoms with Gasteiger partial charge in [-0.1, -0.05) is 0 Å². The van der Waals surface area contributed by atoms with Crippen LogP contribution in [0.5, 0.6) is 5.75 Å². The molecule has 1 aliphatic rings. The summed E-state index contributed by atoms with van der Waals surface area (Å²) in [7, 11) is -2.94. The third kappa shape index (κ3) is 5.06. The SMILES string of the molecule is O=S1(=O)CCC(Nc2ccc(OC(F)(F)F)c(Br)c2)CC1. The Morgan fingerprint density at radius 1 is 1.24 bits per heavy atom. The van der Waals surface area contributed by atoms with Crippen molar-refractivity contribution >= 4 is 31.5 Å². The summed E-state index contributed by atoms with van der Waals surface area (Å²) in [4.78, 5) is 0. The van der Waals surface area contributed by atoms with Crippen molar-refractivity contribution in [3.63, 3.8) is 0 Å². The molecular formula is C12H13BrF3NO3S. The first-order valence-corrected chi connectivity index (χ1v) is 8.78. The van der Waals surface area contributed by atoms with E-state index in [4.69, 9.17) is 0 Å². The third-order valence-electron chi connectivity index (χ3n) is 3.08. The maximum absolute atomic E-state index is 12.2. The van der Waals surface area contributed by atoms with E-state index in [1.807, 2.05) is 0 Å². The monoisotopic (exact) mass is 387 g/mol. The smallest absolute Gasteiger partial charge is 0.405 e. The summed E-state index contributed by atoms with van der Waals surface area (Å²) in [5.74, 6) is -0.0679. The summed E-state index contributed by atoms with van der Waals surface area (Å²) in [5, 5.41) is 3.12. The lowest BCUT2D eigenvalue weighted by Gasteiger charge is -2.24. The largest absolute Gasteiger partial charge is 0.573 e. The molecule has 1 aromatic carbocycles. The topological polar surface area (TPSA) is 55.4 Å². The Hall–Kier alpha value is -0.960. The Balaban J connectivity index is 2.01. The molecule has 0 bridgehead atoms. The van der Waals surface area contributed by atoms with Crippen molar-refractivity contribution in [2.24, 2.45) is 0 Å². The molecule has 1 heterocycles. The van der Waals surface area contributed by atoms with Crippen LogP contribution in [0.25, 0.3) is 0 Å². The van der Waals surface area contributed by atoms with E-state index < -0.39 is 16.2 Å². The fourth-order valence-electron chi connectivity index (χ4n) is 2.07. The van der Waals surface area contributed by atoms with Crippen molar-refractivity contribution in [2.45, 2.75) is 25.2 Å². The molecule has 21 heavy (non-hydrogen) atoms. The number of rotatable bonds is 3. The zero-order chi connectivity index (χ0) is 15.7. The zero-order valence-electron chi connectivity index (χ0n) is 10.8. The maximum Gasteiger partial charge on any atom is 0.573 e. The maximum atomic E-state index is 12.2. The lowest BCUT2D eigenvalue weighted by Crippen LogP contribution is -2.32. The van der Waals surface area contributed by atoms with E-state index in [0.717, 1.165) is 0 Å². The normalized spacial score (nSPS) is 19.2. The fourth-order valence-corrected chi connectivity index (χ4v) is 4.02. The molecule has 118 valence electrons. The third-order valence-corrected chi connectivity index (χ3v) is 5.42. The summed E-state index contributed by atoms with van der Waals surface area (Å²) in [6.07, 6.45) is -3.77. The van der Waals surface area contributed by atoms with Gasteiger partial charge in [0.15, 0.2) is 0 Å². The molecule has 1 aliphatic heterocycles. The van der Waals surface area contributed by atoms with Gasteiger partial charge in [-0.2, -0.15) is 0 Å². The second-order valence-electron chi connectivity index (χ2n) is 4.76. The van der Waals surface area contributed by atoms with Crippen molar-refractivity contribution in [3.8, 4) is 5.75 Å². The predicted molar refractivity (Wildman–Crippen MR) is 76.1 cm³/mol. The van der Waals surface area contributed by atoms with Crippen LogP contribution < -0.4 is 10.1 Å². The van der Waals surface area contributed by atoms with E-state index in [-0.39, 0.29) is 27.8 Å². The van der Waals surface area contributed by atoms with E-state index >= 15 is 0 Å². The van der Waals surface area contributed by atoms with Gasteiger partial charge in [-0.25, -0.2) is 8.42 Å². The van der Waals surface area contributed by atoms with E-state index in [1.54, 1.807) is 0 Å². The van der Waals surface area contributed by atoms with Crippen molar-refractivity contribution in [1.29, 1.82) is 0 Å². The van der Waals surface area contributed by atoms with Gasteiger partial charge < -0.3 is 10.1 Å². The van der Waals surface area contributed by atoms with Crippen LogP contribution in [0, 0.1) is 0 Å². The van der Waals surface area contributed by atoms with Gasteiger partial charge in [-0.3, -0.25) is 0 Å². The molecule has 0 aliphatic carbocycles. The van der Waals surface area contributed by atoms with Gasteiger partial charge in [0, 0.05) is 11.7 Å². The zero-order valence-corrected chi connectivity index (χ0v) is 13.2. The highest BCUT2D eigenvalue weighted by Crippen LogP contribution is 2.33. The van der Waals surface area contributed by atoms with Crippen LogP contribution in [-0.2, 0) is 9.84 Å². The lowest BCUT2D eigenvalue weighted by atomic mass is 10.1. The first-order valence-electron chi connectivity index (χ1n) is 6.17. The van der Waals surface area contributed by atoms with Crippen LogP contribution in [0.3, 0.4) is 0 Å². The molecule has 1 aromatic rings. The molecule has 1 N–H and O–H groups in total. The van der Waals surface area contributed by atoms with Crippen LogP contribution >= 0.6 is 15.9 Å².